The van der Waals surface area contributed by atoms with Crippen LogP contribution in [0.25, 0.3) is 0 Å². The molecule has 1 aromatic rings. The van der Waals surface area contributed by atoms with Crippen LogP contribution in [0.5, 0.6) is 5.75 Å². The van der Waals surface area contributed by atoms with Crippen LogP contribution < -0.4 is 0 Å². The number of carbonyl (C=O) groups is 1. The second-order valence-electron chi connectivity index (χ2n) is 3.68. The molecule has 8 heteroatoms. The molecule has 2 unspecified atom stereocenters. The summed E-state index contributed by atoms with van der Waals surface area (Å²) in [5.41, 5.74) is -1.75. The average Bonchev–Trinajstić information content (AvgIpc) is 2.35. The van der Waals surface area contributed by atoms with Gasteiger partial charge < -0.3 is 20.1 Å². The van der Waals surface area contributed by atoms with Gasteiger partial charge in [-0.15, -0.1) is 0 Å². The SMILES string of the molecule is COC(=O)C(O)C(O)c1cc(C(F)(F)F)ccc1O. The van der Waals surface area contributed by atoms with Gasteiger partial charge in [0.05, 0.1) is 12.7 Å². The molecule has 0 aliphatic heterocycles. The number of rotatable bonds is 3. The monoisotopic (exact) mass is 280 g/mol. The van der Waals surface area contributed by atoms with Gasteiger partial charge in [-0.2, -0.15) is 13.2 Å². The van der Waals surface area contributed by atoms with Crippen molar-refractivity contribution >= 4 is 5.97 Å². The van der Waals surface area contributed by atoms with E-state index in [1.165, 1.54) is 0 Å². The molecule has 106 valence electrons. The second-order valence-corrected chi connectivity index (χ2v) is 3.68. The van der Waals surface area contributed by atoms with Gasteiger partial charge in [-0.05, 0) is 18.2 Å². The summed E-state index contributed by atoms with van der Waals surface area (Å²) in [7, 11) is 0.935. The van der Waals surface area contributed by atoms with E-state index in [9.17, 15) is 33.3 Å². The molecule has 19 heavy (non-hydrogen) atoms. The van der Waals surface area contributed by atoms with Crippen molar-refractivity contribution in [2.24, 2.45) is 0 Å². The van der Waals surface area contributed by atoms with Crippen molar-refractivity contribution < 1.29 is 38.0 Å². The molecular formula is C11H11F3O5. The van der Waals surface area contributed by atoms with E-state index in [0.29, 0.717) is 18.2 Å². The van der Waals surface area contributed by atoms with Crippen molar-refractivity contribution in [2.75, 3.05) is 7.11 Å². The third kappa shape index (κ3) is 3.36. The van der Waals surface area contributed by atoms with Crippen LogP contribution in [0.1, 0.15) is 17.2 Å². The predicted octanol–water partition coefficient (Wildman–Crippen LogP) is 0.978. The lowest BCUT2D eigenvalue weighted by Gasteiger charge is -2.18. The molecule has 0 bridgehead atoms. The molecule has 0 aliphatic rings. The molecule has 0 saturated heterocycles. The minimum absolute atomic E-state index is 0.451. The fourth-order valence-electron chi connectivity index (χ4n) is 1.39. The molecule has 5 nitrogen and oxygen atoms in total. The Morgan fingerprint density at radius 3 is 2.37 bits per heavy atom. The first kappa shape index (κ1) is 15.3. The smallest absolute Gasteiger partial charge is 0.416 e. The van der Waals surface area contributed by atoms with Gasteiger partial charge in [0.1, 0.15) is 11.9 Å². The predicted molar refractivity (Wildman–Crippen MR) is 56.1 cm³/mol. The number of hydrogen-bond donors (Lipinski definition) is 3. The Labute approximate surface area is 105 Å². The van der Waals surface area contributed by atoms with Gasteiger partial charge in [0.15, 0.2) is 6.10 Å². The minimum Gasteiger partial charge on any atom is -0.508 e. The molecule has 0 heterocycles. The number of carbonyl (C=O) groups excluding carboxylic acids is 1. The average molecular weight is 280 g/mol. The van der Waals surface area contributed by atoms with Gasteiger partial charge >= 0.3 is 12.1 Å². The van der Waals surface area contributed by atoms with Crippen LogP contribution in [-0.4, -0.2) is 34.5 Å². The lowest BCUT2D eigenvalue weighted by molar-refractivity contribution is -0.156. The summed E-state index contributed by atoms with van der Waals surface area (Å²) < 4.78 is 41.6. The number of phenols is 1. The highest BCUT2D eigenvalue weighted by Crippen LogP contribution is 2.35. The zero-order valence-electron chi connectivity index (χ0n) is 9.68. The van der Waals surface area contributed by atoms with E-state index in [1.807, 2.05) is 0 Å². The maximum Gasteiger partial charge on any atom is 0.416 e. The molecular weight excluding hydrogens is 269 g/mol. The number of methoxy groups -OCH3 is 1. The quantitative estimate of drug-likeness (QED) is 0.718. The number of esters is 1. The van der Waals surface area contributed by atoms with Crippen LogP contribution in [0.15, 0.2) is 18.2 Å². The summed E-state index contributed by atoms with van der Waals surface area (Å²) in [6.07, 6.45) is -8.81. The Morgan fingerprint density at radius 2 is 1.89 bits per heavy atom. The van der Waals surface area contributed by atoms with E-state index in [-0.39, 0.29) is 0 Å². The van der Waals surface area contributed by atoms with Gasteiger partial charge in [-0.3, -0.25) is 0 Å². The van der Waals surface area contributed by atoms with Crippen molar-refractivity contribution in [1.82, 2.24) is 0 Å². The minimum atomic E-state index is -4.68. The maximum atomic E-state index is 12.5. The Balaban J connectivity index is 3.15. The molecule has 1 aromatic carbocycles. The summed E-state index contributed by atoms with van der Waals surface area (Å²) in [4.78, 5) is 11.0. The molecule has 0 saturated carbocycles. The number of phenolic OH excluding ortho intramolecular Hbond substituents is 1. The molecule has 0 fully saturated rings. The Kier molecular flexibility index (Phi) is 4.38. The third-order valence-corrected chi connectivity index (χ3v) is 2.42. The Morgan fingerprint density at radius 1 is 1.32 bits per heavy atom. The van der Waals surface area contributed by atoms with Crippen LogP contribution in [0, 0.1) is 0 Å². The van der Waals surface area contributed by atoms with E-state index in [4.69, 9.17) is 0 Å². The van der Waals surface area contributed by atoms with Gasteiger partial charge in [0.25, 0.3) is 0 Å². The lowest BCUT2D eigenvalue weighted by atomic mass is 10.0. The van der Waals surface area contributed by atoms with Gasteiger partial charge in [-0.25, -0.2) is 4.79 Å². The fourth-order valence-corrected chi connectivity index (χ4v) is 1.39. The van der Waals surface area contributed by atoms with Crippen molar-refractivity contribution in [2.45, 2.75) is 18.4 Å². The Hall–Kier alpha value is -1.80. The maximum absolute atomic E-state index is 12.5. The van der Waals surface area contributed by atoms with E-state index >= 15 is 0 Å². The number of benzene rings is 1. The summed E-state index contributed by atoms with van der Waals surface area (Å²) in [5, 5.41) is 28.3. The molecule has 0 radical (unpaired) electrons. The molecule has 1 rings (SSSR count). The third-order valence-electron chi connectivity index (χ3n) is 2.42. The number of alkyl halides is 3. The van der Waals surface area contributed by atoms with E-state index in [1.54, 1.807) is 0 Å². The van der Waals surface area contributed by atoms with Crippen LogP contribution >= 0.6 is 0 Å². The number of hydrogen-bond acceptors (Lipinski definition) is 5. The summed E-state index contributed by atoms with van der Waals surface area (Å²) in [6, 6.07) is 1.77. The highest BCUT2D eigenvalue weighted by Gasteiger charge is 2.34. The van der Waals surface area contributed by atoms with Gasteiger partial charge in [-0.1, -0.05) is 0 Å². The van der Waals surface area contributed by atoms with E-state index < -0.39 is 41.2 Å². The fraction of sp³-hybridized carbons (Fsp3) is 0.364. The standard InChI is InChI=1S/C11H11F3O5/c1-19-10(18)9(17)8(16)6-4-5(11(12,13)14)2-3-7(6)15/h2-4,8-9,15-17H,1H3. The second kappa shape index (κ2) is 5.45. The lowest BCUT2D eigenvalue weighted by Crippen LogP contribution is -2.29. The largest absolute Gasteiger partial charge is 0.508 e. The molecule has 0 aromatic heterocycles. The zero-order valence-corrected chi connectivity index (χ0v) is 9.68. The molecule has 0 spiro atoms. The number of halogens is 3. The first-order chi connectivity index (χ1) is 8.68. The number of aromatic hydroxyl groups is 1. The molecule has 2 atom stereocenters. The van der Waals surface area contributed by atoms with Crippen LogP contribution in [0.2, 0.25) is 0 Å². The van der Waals surface area contributed by atoms with Crippen LogP contribution in [0.3, 0.4) is 0 Å². The highest BCUT2D eigenvalue weighted by atomic mass is 19.4. The number of aliphatic hydroxyl groups excluding tert-OH is 2. The van der Waals surface area contributed by atoms with Crippen molar-refractivity contribution in [3.05, 3.63) is 29.3 Å². The molecule has 0 aliphatic carbocycles. The first-order valence-corrected chi connectivity index (χ1v) is 5.02. The van der Waals surface area contributed by atoms with Gasteiger partial charge in [0, 0.05) is 5.56 Å². The van der Waals surface area contributed by atoms with Crippen molar-refractivity contribution in [1.29, 1.82) is 0 Å². The molecule has 0 amide bonds. The highest BCUT2D eigenvalue weighted by molar-refractivity contribution is 5.75. The number of ether oxygens (including phenoxy) is 1. The van der Waals surface area contributed by atoms with Crippen molar-refractivity contribution in [3.8, 4) is 5.75 Å². The zero-order chi connectivity index (χ0) is 14.8. The first-order valence-electron chi connectivity index (χ1n) is 5.02. The summed E-state index contributed by atoms with van der Waals surface area (Å²) in [5.74, 6) is -1.91. The Bertz CT molecular complexity index is 472. The van der Waals surface area contributed by atoms with Crippen LogP contribution in [0.4, 0.5) is 13.2 Å². The van der Waals surface area contributed by atoms with E-state index in [0.717, 1.165) is 7.11 Å². The van der Waals surface area contributed by atoms with E-state index in [2.05, 4.69) is 4.74 Å². The molecule has 3 N–H and O–H groups in total. The van der Waals surface area contributed by atoms with Crippen molar-refractivity contribution in [3.63, 3.8) is 0 Å². The summed E-state index contributed by atoms with van der Waals surface area (Å²) in [6.45, 7) is 0. The number of aliphatic hydroxyl groups is 2. The van der Waals surface area contributed by atoms with Crippen LogP contribution in [-0.2, 0) is 15.7 Å². The normalized spacial score (nSPS) is 14.8. The topological polar surface area (TPSA) is 87.0 Å². The van der Waals surface area contributed by atoms with Gasteiger partial charge in [0.2, 0.25) is 0 Å². The summed E-state index contributed by atoms with van der Waals surface area (Å²) >= 11 is 0.